The van der Waals surface area contributed by atoms with Gasteiger partial charge in [0, 0.05) is 21.5 Å². The van der Waals surface area contributed by atoms with E-state index >= 15 is 0 Å². The Kier molecular flexibility index (Phi) is 5.10. The molecule has 0 aliphatic carbocycles. The van der Waals surface area contributed by atoms with E-state index in [0.29, 0.717) is 0 Å². The van der Waals surface area contributed by atoms with Gasteiger partial charge in [0.1, 0.15) is 17.3 Å². The molecule has 0 aliphatic heterocycles. The van der Waals surface area contributed by atoms with Crippen molar-refractivity contribution in [3.63, 3.8) is 0 Å². The Morgan fingerprint density at radius 1 is 1.07 bits per heavy atom. The quantitative estimate of drug-likeness (QED) is 0.271. The molecule has 0 saturated heterocycles. The van der Waals surface area contributed by atoms with E-state index in [1.807, 2.05) is 73.0 Å². The van der Waals surface area contributed by atoms with Gasteiger partial charge in [-0.3, -0.25) is 5.41 Å². The number of aromatic nitrogens is 1. The minimum absolute atomic E-state index is 0.0886. The Labute approximate surface area is 171 Å². The predicted octanol–water partition coefficient (Wildman–Crippen LogP) is 6.00. The molecular weight excluding hydrogens is 388 g/mol. The highest BCUT2D eigenvalue weighted by Gasteiger charge is 2.13. The number of hydrogen-bond acceptors (Lipinski definition) is 6. The average molecular weight is 407 g/mol. The summed E-state index contributed by atoms with van der Waals surface area (Å²) < 4.78 is 5.81. The summed E-state index contributed by atoms with van der Waals surface area (Å²) in [6.07, 6.45) is 0. The first-order valence-corrected chi connectivity index (χ1v) is 10.3. The maximum atomic E-state index is 7.60. The van der Waals surface area contributed by atoms with Gasteiger partial charge in [-0.25, -0.2) is 4.98 Å². The Hall–Kier alpha value is -3.16. The van der Waals surface area contributed by atoms with Crippen LogP contribution in [0.2, 0.25) is 0 Å². The van der Waals surface area contributed by atoms with Crippen molar-refractivity contribution < 1.29 is 4.74 Å². The molecule has 4 N–H and O–H groups in total. The van der Waals surface area contributed by atoms with E-state index in [4.69, 9.17) is 15.9 Å². The van der Waals surface area contributed by atoms with E-state index in [-0.39, 0.29) is 5.84 Å². The maximum absolute atomic E-state index is 7.60. The summed E-state index contributed by atoms with van der Waals surface area (Å²) in [5.74, 6) is 1.68. The fourth-order valence-electron chi connectivity index (χ4n) is 2.68. The first-order valence-electron chi connectivity index (χ1n) is 8.59. The van der Waals surface area contributed by atoms with E-state index in [0.717, 1.165) is 43.3 Å². The van der Waals surface area contributed by atoms with E-state index < -0.39 is 0 Å². The molecule has 0 amide bonds. The number of nitrogens with one attached hydrogen (secondary N) is 2. The van der Waals surface area contributed by atoms with Crippen molar-refractivity contribution in [2.75, 3.05) is 5.32 Å². The van der Waals surface area contributed by atoms with Gasteiger partial charge in [-0.1, -0.05) is 18.2 Å². The summed E-state index contributed by atoms with van der Waals surface area (Å²) >= 11 is 3.05. The second-order valence-corrected chi connectivity index (χ2v) is 8.21. The van der Waals surface area contributed by atoms with Gasteiger partial charge in [0.25, 0.3) is 0 Å². The topological polar surface area (TPSA) is 84.0 Å². The van der Waals surface area contributed by atoms with Gasteiger partial charge in [0.2, 0.25) is 0 Å². The highest BCUT2D eigenvalue weighted by molar-refractivity contribution is 7.15. The van der Waals surface area contributed by atoms with Crippen LogP contribution in [0.4, 0.5) is 10.8 Å². The monoisotopic (exact) mass is 406 g/mol. The number of hydrogen-bond donors (Lipinski definition) is 3. The third-order valence-corrected chi connectivity index (χ3v) is 5.89. The molecule has 0 radical (unpaired) electrons. The lowest BCUT2D eigenvalue weighted by Gasteiger charge is -2.07. The highest BCUT2D eigenvalue weighted by atomic mass is 32.1. The molecule has 0 unspecified atom stereocenters. The van der Waals surface area contributed by atoms with Crippen LogP contribution in [0.15, 0.2) is 66.0 Å². The average Bonchev–Trinajstić information content (AvgIpc) is 3.31. The third kappa shape index (κ3) is 4.05. The number of aryl methyl sites for hydroxylation is 1. The SMILES string of the molecule is Cc1sc(C(=N)N)cc1-c1csc(Nc2ccc(Oc3ccccc3)cc2)n1. The molecule has 0 atom stereocenters. The number of anilines is 2. The highest BCUT2D eigenvalue weighted by Crippen LogP contribution is 2.34. The van der Waals surface area contributed by atoms with E-state index in [1.165, 1.54) is 22.7 Å². The van der Waals surface area contributed by atoms with Gasteiger partial charge in [0.15, 0.2) is 5.13 Å². The van der Waals surface area contributed by atoms with E-state index in [9.17, 15) is 0 Å². The summed E-state index contributed by atoms with van der Waals surface area (Å²) in [4.78, 5) is 6.54. The third-order valence-electron chi connectivity index (χ3n) is 4.05. The van der Waals surface area contributed by atoms with E-state index in [2.05, 4.69) is 10.3 Å². The summed E-state index contributed by atoms with van der Waals surface area (Å²) in [7, 11) is 0. The Bertz CT molecular complexity index is 1100. The summed E-state index contributed by atoms with van der Waals surface area (Å²) in [6.45, 7) is 2.02. The lowest BCUT2D eigenvalue weighted by Crippen LogP contribution is -2.08. The molecule has 2 heterocycles. The zero-order valence-corrected chi connectivity index (χ0v) is 16.7. The smallest absolute Gasteiger partial charge is 0.187 e. The van der Waals surface area contributed by atoms with Crippen molar-refractivity contribution in [1.82, 2.24) is 4.98 Å². The van der Waals surface area contributed by atoms with E-state index in [1.54, 1.807) is 0 Å². The van der Waals surface area contributed by atoms with Crippen molar-refractivity contribution in [1.29, 1.82) is 5.41 Å². The molecule has 0 aliphatic rings. The van der Waals surface area contributed by atoms with Crippen LogP contribution in [0.5, 0.6) is 11.5 Å². The lowest BCUT2D eigenvalue weighted by atomic mass is 10.2. The van der Waals surface area contributed by atoms with Crippen molar-refractivity contribution in [2.45, 2.75) is 6.92 Å². The van der Waals surface area contributed by atoms with Gasteiger partial charge in [-0.2, -0.15) is 0 Å². The minimum atomic E-state index is 0.0886. The molecule has 4 aromatic rings. The normalized spacial score (nSPS) is 10.6. The van der Waals surface area contributed by atoms with Crippen molar-refractivity contribution in [3.8, 4) is 22.8 Å². The van der Waals surface area contributed by atoms with Gasteiger partial charge < -0.3 is 15.8 Å². The lowest BCUT2D eigenvalue weighted by molar-refractivity contribution is 0.483. The van der Waals surface area contributed by atoms with Gasteiger partial charge in [-0.15, -0.1) is 22.7 Å². The first kappa shape index (κ1) is 18.2. The Balaban J connectivity index is 1.46. The second-order valence-electron chi connectivity index (χ2n) is 6.10. The van der Waals surface area contributed by atoms with Crippen LogP contribution in [0.3, 0.4) is 0 Å². The van der Waals surface area contributed by atoms with Gasteiger partial charge in [0.05, 0.1) is 10.6 Å². The zero-order chi connectivity index (χ0) is 19.5. The molecule has 2 aromatic carbocycles. The number of benzene rings is 2. The number of ether oxygens (including phenoxy) is 1. The van der Waals surface area contributed by atoms with Crippen molar-refractivity contribution >= 4 is 39.3 Å². The molecule has 28 heavy (non-hydrogen) atoms. The molecule has 5 nitrogen and oxygen atoms in total. The van der Waals surface area contributed by atoms with Crippen molar-refractivity contribution in [2.24, 2.45) is 5.73 Å². The number of rotatable bonds is 6. The zero-order valence-electron chi connectivity index (χ0n) is 15.1. The van der Waals surface area contributed by atoms with Gasteiger partial charge >= 0.3 is 0 Å². The van der Waals surface area contributed by atoms with Crippen LogP contribution >= 0.6 is 22.7 Å². The maximum Gasteiger partial charge on any atom is 0.187 e. The number of nitrogens with two attached hydrogens (primary N) is 1. The molecule has 0 bridgehead atoms. The van der Waals surface area contributed by atoms with Crippen LogP contribution in [0.25, 0.3) is 11.3 Å². The number of thiophene rings is 1. The first-order chi connectivity index (χ1) is 13.6. The summed E-state index contributed by atoms with van der Waals surface area (Å²) in [6, 6.07) is 19.4. The molecule has 0 fully saturated rings. The number of para-hydroxylation sites is 1. The number of amidine groups is 1. The van der Waals surface area contributed by atoms with Crippen LogP contribution in [-0.2, 0) is 0 Å². The molecule has 2 aromatic heterocycles. The molecule has 0 spiro atoms. The van der Waals surface area contributed by atoms with Crippen LogP contribution in [-0.4, -0.2) is 10.8 Å². The Morgan fingerprint density at radius 2 is 1.79 bits per heavy atom. The molecule has 4 rings (SSSR count). The van der Waals surface area contributed by atoms with Crippen LogP contribution in [0, 0.1) is 12.3 Å². The fourth-order valence-corrected chi connectivity index (χ4v) is 4.30. The predicted molar refractivity (Wildman–Crippen MR) is 117 cm³/mol. The van der Waals surface area contributed by atoms with Gasteiger partial charge in [-0.05, 0) is 49.4 Å². The number of nitrogens with zero attached hydrogens (tertiary/aromatic N) is 1. The van der Waals surface area contributed by atoms with Crippen LogP contribution < -0.4 is 15.8 Å². The van der Waals surface area contributed by atoms with Crippen LogP contribution in [0.1, 0.15) is 9.75 Å². The molecular formula is C21H18N4OS2. The standard InChI is InChI=1S/C21H18N4OS2/c1-13-17(11-19(28-13)20(22)23)18-12-27-21(25-18)24-14-7-9-16(10-8-14)26-15-5-3-2-4-6-15/h2-12H,1H3,(H3,22,23)(H,24,25). The molecule has 7 heteroatoms. The Morgan fingerprint density at radius 3 is 2.46 bits per heavy atom. The largest absolute Gasteiger partial charge is 0.457 e. The minimum Gasteiger partial charge on any atom is -0.457 e. The molecule has 0 saturated carbocycles. The molecule has 140 valence electrons. The fraction of sp³-hybridized carbons (Fsp3) is 0.0476. The number of thiazole rings is 1. The number of nitrogen functional groups attached to an aromatic ring is 1. The summed E-state index contributed by atoms with van der Waals surface area (Å²) in [5.41, 5.74) is 8.44. The summed E-state index contributed by atoms with van der Waals surface area (Å²) in [5, 5.41) is 13.7. The van der Waals surface area contributed by atoms with Crippen molar-refractivity contribution in [3.05, 3.63) is 75.8 Å². The second kappa shape index (κ2) is 7.84.